The molecule has 0 unspecified atom stereocenters. The van der Waals surface area contributed by atoms with Gasteiger partial charge in [0.15, 0.2) is 0 Å². The molecule has 2 rings (SSSR count). The Labute approximate surface area is 110 Å². The molecule has 0 radical (unpaired) electrons. The summed E-state index contributed by atoms with van der Waals surface area (Å²) in [7, 11) is 0. The maximum absolute atomic E-state index is 13.6. The van der Waals surface area contributed by atoms with Crippen molar-refractivity contribution in [1.29, 1.82) is 0 Å². The minimum atomic E-state index is -0.520. The van der Waals surface area contributed by atoms with Crippen molar-refractivity contribution < 1.29 is 13.2 Å². The van der Waals surface area contributed by atoms with Crippen LogP contribution in [0.1, 0.15) is 16.7 Å². The molecule has 2 aromatic rings. The molecule has 1 N–H and O–H groups in total. The second-order valence-electron chi connectivity index (χ2n) is 4.51. The van der Waals surface area contributed by atoms with Crippen molar-refractivity contribution in [3.8, 4) is 0 Å². The molecule has 0 aliphatic rings. The molecule has 100 valence electrons. The Hall–Kier alpha value is -1.97. The Morgan fingerprint density at radius 2 is 1.63 bits per heavy atom. The van der Waals surface area contributed by atoms with E-state index >= 15 is 0 Å². The number of rotatable bonds is 3. The van der Waals surface area contributed by atoms with E-state index in [9.17, 15) is 13.2 Å². The average molecular weight is 265 g/mol. The fourth-order valence-electron chi connectivity index (χ4n) is 1.80. The van der Waals surface area contributed by atoms with E-state index in [1.54, 1.807) is 6.07 Å². The van der Waals surface area contributed by atoms with Gasteiger partial charge in [-0.15, -0.1) is 0 Å². The van der Waals surface area contributed by atoms with Gasteiger partial charge in [0.25, 0.3) is 0 Å². The van der Waals surface area contributed by atoms with E-state index in [4.69, 9.17) is 0 Å². The molecule has 0 spiro atoms. The van der Waals surface area contributed by atoms with Crippen LogP contribution in [0, 0.1) is 31.3 Å². The zero-order valence-corrected chi connectivity index (χ0v) is 10.7. The molecule has 0 heterocycles. The molecule has 0 atom stereocenters. The van der Waals surface area contributed by atoms with Crippen LogP contribution in [-0.2, 0) is 6.54 Å². The van der Waals surface area contributed by atoms with Crippen molar-refractivity contribution in [2.75, 3.05) is 5.32 Å². The van der Waals surface area contributed by atoms with E-state index in [2.05, 4.69) is 5.32 Å². The first-order chi connectivity index (χ1) is 8.97. The quantitative estimate of drug-likeness (QED) is 0.870. The summed E-state index contributed by atoms with van der Waals surface area (Å²) < 4.78 is 40.1. The van der Waals surface area contributed by atoms with Crippen molar-refractivity contribution >= 4 is 5.69 Å². The van der Waals surface area contributed by atoms with Gasteiger partial charge in [0.2, 0.25) is 0 Å². The van der Waals surface area contributed by atoms with Crippen LogP contribution in [0.2, 0.25) is 0 Å². The molecule has 0 saturated heterocycles. The summed E-state index contributed by atoms with van der Waals surface area (Å²) in [4.78, 5) is 0. The Bertz CT molecular complexity index is 609. The monoisotopic (exact) mass is 265 g/mol. The summed E-state index contributed by atoms with van der Waals surface area (Å²) >= 11 is 0. The van der Waals surface area contributed by atoms with Crippen LogP contribution in [0.3, 0.4) is 0 Å². The second-order valence-corrected chi connectivity index (χ2v) is 4.51. The van der Waals surface area contributed by atoms with Crippen molar-refractivity contribution in [2.24, 2.45) is 0 Å². The van der Waals surface area contributed by atoms with E-state index in [1.807, 2.05) is 6.92 Å². The van der Waals surface area contributed by atoms with Crippen LogP contribution < -0.4 is 5.32 Å². The van der Waals surface area contributed by atoms with Crippen molar-refractivity contribution in [3.05, 3.63) is 64.5 Å². The molecule has 4 heteroatoms. The third kappa shape index (κ3) is 3.08. The highest BCUT2D eigenvalue weighted by Crippen LogP contribution is 2.20. The van der Waals surface area contributed by atoms with Gasteiger partial charge in [-0.1, -0.05) is 6.07 Å². The van der Waals surface area contributed by atoms with Crippen LogP contribution in [0.5, 0.6) is 0 Å². The number of aryl methyl sites for hydroxylation is 2. The number of benzene rings is 2. The Morgan fingerprint density at radius 3 is 2.37 bits per heavy atom. The van der Waals surface area contributed by atoms with Crippen LogP contribution in [0.15, 0.2) is 30.3 Å². The lowest BCUT2D eigenvalue weighted by atomic mass is 10.1. The molecule has 2 aromatic carbocycles. The number of hydrogen-bond donors (Lipinski definition) is 1. The SMILES string of the molecule is Cc1cc(F)c(NCc2cc(F)ccc2C)cc1F. The molecular formula is C15H14F3N. The fourth-order valence-corrected chi connectivity index (χ4v) is 1.80. The summed E-state index contributed by atoms with van der Waals surface area (Å²) in [5.74, 6) is -1.34. The molecule has 0 aromatic heterocycles. The largest absolute Gasteiger partial charge is 0.379 e. The first kappa shape index (κ1) is 13.5. The molecule has 0 saturated carbocycles. The predicted octanol–water partition coefficient (Wildman–Crippen LogP) is 4.33. The van der Waals surface area contributed by atoms with E-state index < -0.39 is 11.6 Å². The zero-order chi connectivity index (χ0) is 14.0. The molecular weight excluding hydrogens is 251 g/mol. The van der Waals surface area contributed by atoms with Gasteiger partial charge >= 0.3 is 0 Å². The van der Waals surface area contributed by atoms with Crippen molar-refractivity contribution in [3.63, 3.8) is 0 Å². The normalized spacial score (nSPS) is 10.6. The molecule has 19 heavy (non-hydrogen) atoms. The van der Waals surface area contributed by atoms with Crippen LogP contribution in [0.25, 0.3) is 0 Å². The van der Waals surface area contributed by atoms with Crippen LogP contribution >= 0.6 is 0 Å². The zero-order valence-electron chi connectivity index (χ0n) is 10.7. The fraction of sp³-hybridized carbons (Fsp3) is 0.200. The Balaban J connectivity index is 2.19. The van der Waals surface area contributed by atoms with E-state index in [-0.39, 0.29) is 23.6 Å². The first-order valence-corrected chi connectivity index (χ1v) is 5.92. The summed E-state index contributed by atoms with van der Waals surface area (Å²) in [5, 5.41) is 2.78. The van der Waals surface area contributed by atoms with E-state index in [0.29, 0.717) is 5.56 Å². The number of halogens is 3. The highest BCUT2D eigenvalue weighted by atomic mass is 19.1. The van der Waals surface area contributed by atoms with Crippen molar-refractivity contribution in [1.82, 2.24) is 0 Å². The molecule has 0 amide bonds. The molecule has 1 nitrogen and oxygen atoms in total. The van der Waals surface area contributed by atoms with E-state index in [0.717, 1.165) is 17.7 Å². The summed E-state index contributed by atoms with van der Waals surface area (Å²) in [6.07, 6.45) is 0. The minimum Gasteiger partial charge on any atom is -0.379 e. The predicted molar refractivity (Wildman–Crippen MR) is 69.6 cm³/mol. The van der Waals surface area contributed by atoms with Gasteiger partial charge in [-0.05, 0) is 48.7 Å². The van der Waals surface area contributed by atoms with Crippen LogP contribution in [-0.4, -0.2) is 0 Å². The summed E-state index contributed by atoms with van der Waals surface area (Å²) in [6, 6.07) is 6.64. The third-order valence-corrected chi connectivity index (χ3v) is 3.03. The molecule has 0 bridgehead atoms. The highest BCUT2D eigenvalue weighted by molar-refractivity contribution is 5.47. The van der Waals surface area contributed by atoms with Gasteiger partial charge in [-0.2, -0.15) is 0 Å². The molecule has 0 aliphatic carbocycles. The van der Waals surface area contributed by atoms with Gasteiger partial charge < -0.3 is 5.32 Å². The summed E-state index contributed by atoms with van der Waals surface area (Å²) in [6.45, 7) is 3.57. The first-order valence-electron chi connectivity index (χ1n) is 5.92. The maximum Gasteiger partial charge on any atom is 0.146 e. The van der Waals surface area contributed by atoms with Crippen molar-refractivity contribution in [2.45, 2.75) is 20.4 Å². The average Bonchev–Trinajstić information content (AvgIpc) is 2.36. The Kier molecular flexibility index (Phi) is 3.79. The lowest BCUT2D eigenvalue weighted by molar-refractivity contribution is 0.594. The summed E-state index contributed by atoms with van der Waals surface area (Å²) in [5.41, 5.74) is 1.93. The van der Waals surface area contributed by atoms with Gasteiger partial charge in [0.1, 0.15) is 17.5 Å². The van der Waals surface area contributed by atoms with Crippen LogP contribution in [0.4, 0.5) is 18.9 Å². The standard InChI is InChI=1S/C15H14F3N/c1-9-3-4-12(16)6-11(9)8-19-15-7-13(17)10(2)5-14(15)18/h3-7,19H,8H2,1-2H3. The third-order valence-electron chi connectivity index (χ3n) is 3.03. The number of anilines is 1. The Morgan fingerprint density at radius 1 is 0.895 bits per heavy atom. The highest BCUT2D eigenvalue weighted by Gasteiger charge is 2.08. The van der Waals surface area contributed by atoms with Gasteiger partial charge in [-0.3, -0.25) is 0 Å². The molecule has 0 fully saturated rings. The van der Waals surface area contributed by atoms with Gasteiger partial charge in [0.05, 0.1) is 5.69 Å². The van der Waals surface area contributed by atoms with E-state index in [1.165, 1.54) is 19.1 Å². The van der Waals surface area contributed by atoms with Gasteiger partial charge in [0, 0.05) is 12.6 Å². The smallest absolute Gasteiger partial charge is 0.146 e. The molecule has 0 aliphatic heterocycles. The maximum atomic E-state index is 13.6. The lowest BCUT2D eigenvalue weighted by Gasteiger charge is -2.11. The number of nitrogens with one attached hydrogen (secondary N) is 1. The van der Waals surface area contributed by atoms with Gasteiger partial charge in [-0.25, -0.2) is 13.2 Å². The second kappa shape index (κ2) is 5.34. The number of hydrogen-bond acceptors (Lipinski definition) is 1. The minimum absolute atomic E-state index is 0.0757. The topological polar surface area (TPSA) is 12.0 Å². The lowest BCUT2D eigenvalue weighted by Crippen LogP contribution is -2.04.